The Morgan fingerprint density at radius 3 is 3.00 bits per heavy atom. The summed E-state index contributed by atoms with van der Waals surface area (Å²) >= 11 is 0. The molecule has 0 amide bonds. The van der Waals surface area contributed by atoms with Crippen LogP contribution in [0.15, 0.2) is 11.6 Å². The van der Waals surface area contributed by atoms with Gasteiger partial charge in [-0.15, -0.1) is 0 Å². The first kappa shape index (κ1) is 6.33. The minimum absolute atomic E-state index is 0.128. The molecule has 2 nitrogen and oxygen atoms in total. The maximum Gasteiger partial charge on any atom is 0.333 e. The highest BCUT2D eigenvalue weighted by atomic mass is 16.5. The van der Waals surface area contributed by atoms with Gasteiger partial charge in [-0.3, -0.25) is 0 Å². The molecule has 0 N–H and O–H groups in total. The van der Waals surface area contributed by atoms with Crippen LogP contribution in [0.4, 0.5) is 0 Å². The average molecular weight is 126 g/mol. The normalized spacial score (nSPS) is 22.8. The number of hydrogen-bond acceptors (Lipinski definition) is 2. The molecule has 0 atom stereocenters. The minimum Gasteiger partial charge on any atom is -0.462 e. The van der Waals surface area contributed by atoms with Crippen molar-refractivity contribution in [3.8, 4) is 0 Å². The number of allylic oxidation sites excluding steroid dienone is 1. The summed E-state index contributed by atoms with van der Waals surface area (Å²) in [6, 6.07) is 0. The Morgan fingerprint density at radius 1 is 1.78 bits per heavy atom. The van der Waals surface area contributed by atoms with Gasteiger partial charge in [0.1, 0.15) is 0 Å². The second kappa shape index (κ2) is 2.67. The predicted molar refractivity (Wildman–Crippen MR) is 33.9 cm³/mol. The molecule has 0 aromatic carbocycles. The van der Waals surface area contributed by atoms with Crippen molar-refractivity contribution in [3.63, 3.8) is 0 Å². The zero-order valence-electron chi connectivity index (χ0n) is 5.52. The first-order valence-corrected chi connectivity index (χ1v) is 3.20. The predicted octanol–water partition coefficient (Wildman–Crippen LogP) is 1.27. The molecular formula is C7H10O2. The van der Waals surface area contributed by atoms with E-state index in [0.717, 1.165) is 18.4 Å². The molecule has 2 heteroatoms. The van der Waals surface area contributed by atoms with Crippen LogP contribution in [-0.4, -0.2) is 12.6 Å². The van der Waals surface area contributed by atoms with Crippen molar-refractivity contribution < 1.29 is 9.53 Å². The number of hydrogen-bond donors (Lipinski definition) is 0. The van der Waals surface area contributed by atoms with Crippen LogP contribution in [-0.2, 0) is 9.53 Å². The lowest BCUT2D eigenvalue weighted by Gasteiger charge is -1.86. The molecule has 1 aliphatic rings. The van der Waals surface area contributed by atoms with Gasteiger partial charge in [0.25, 0.3) is 0 Å². The molecule has 1 fully saturated rings. The van der Waals surface area contributed by atoms with Crippen molar-refractivity contribution in [2.75, 3.05) is 6.61 Å². The SMILES string of the molecule is CC/C=C1\CCOC1=O. The molecule has 0 unspecified atom stereocenters. The van der Waals surface area contributed by atoms with E-state index in [-0.39, 0.29) is 5.97 Å². The van der Waals surface area contributed by atoms with Crippen LogP contribution in [0.2, 0.25) is 0 Å². The molecular weight excluding hydrogens is 116 g/mol. The fourth-order valence-corrected chi connectivity index (χ4v) is 0.880. The largest absolute Gasteiger partial charge is 0.462 e. The third-order valence-electron chi connectivity index (χ3n) is 1.32. The fourth-order valence-electron chi connectivity index (χ4n) is 0.880. The van der Waals surface area contributed by atoms with Crippen molar-refractivity contribution in [3.05, 3.63) is 11.6 Å². The summed E-state index contributed by atoms with van der Waals surface area (Å²) in [6.07, 6.45) is 3.65. The Bertz CT molecular complexity index is 147. The van der Waals surface area contributed by atoms with Crippen molar-refractivity contribution >= 4 is 5.97 Å². The van der Waals surface area contributed by atoms with Crippen LogP contribution in [0, 0.1) is 0 Å². The maximum atomic E-state index is 10.7. The van der Waals surface area contributed by atoms with Crippen LogP contribution in [0.25, 0.3) is 0 Å². The molecule has 0 bridgehead atoms. The highest BCUT2D eigenvalue weighted by Crippen LogP contribution is 2.12. The van der Waals surface area contributed by atoms with Gasteiger partial charge in [0.2, 0.25) is 0 Å². The average Bonchev–Trinajstić information content (AvgIpc) is 2.18. The van der Waals surface area contributed by atoms with E-state index < -0.39 is 0 Å². The van der Waals surface area contributed by atoms with Gasteiger partial charge in [-0.2, -0.15) is 0 Å². The third kappa shape index (κ3) is 1.31. The highest BCUT2D eigenvalue weighted by molar-refractivity contribution is 5.90. The molecule has 0 radical (unpaired) electrons. The summed E-state index contributed by atoms with van der Waals surface area (Å²) in [5.74, 6) is -0.128. The molecule has 0 aromatic heterocycles. The summed E-state index contributed by atoms with van der Waals surface area (Å²) in [5.41, 5.74) is 0.845. The lowest BCUT2D eigenvalue weighted by molar-refractivity contribution is -0.135. The van der Waals surface area contributed by atoms with E-state index in [9.17, 15) is 4.79 Å². The van der Waals surface area contributed by atoms with Gasteiger partial charge in [0, 0.05) is 12.0 Å². The van der Waals surface area contributed by atoms with Gasteiger partial charge in [-0.25, -0.2) is 4.79 Å². The Kier molecular flexibility index (Phi) is 1.88. The molecule has 0 spiro atoms. The van der Waals surface area contributed by atoms with E-state index >= 15 is 0 Å². The first-order valence-electron chi connectivity index (χ1n) is 3.20. The quantitative estimate of drug-likeness (QED) is 0.390. The second-order valence-corrected chi connectivity index (χ2v) is 2.02. The van der Waals surface area contributed by atoms with Gasteiger partial charge < -0.3 is 4.74 Å². The molecule has 1 heterocycles. The monoisotopic (exact) mass is 126 g/mol. The molecule has 0 aliphatic carbocycles. The Hall–Kier alpha value is -0.790. The summed E-state index contributed by atoms with van der Waals surface area (Å²) in [4.78, 5) is 10.7. The number of ether oxygens (including phenoxy) is 1. The standard InChI is InChI=1S/C7H10O2/c1-2-3-6-4-5-9-7(6)8/h3H,2,4-5H2,1H3/b6-3+. The van der Waals surface area contributed by atoms with E-state index in [1.165, 1.54) is 0 Å². The van der Waals surface area contributed by atoms with Gasteiger partial charge in [0.15, 0.2) is 0 Å². The van der Waals surface area contributed by atoms with Crippen LogP contribution >= 0.6 is 0 Å². The summed E-state index contributed by atoms with van der Waals surface area (Å²) in [7, 11) is 0. The van der Waals surface area contributed by atoms with Crippen LogP contribution in [0.5, 0.6) is 0 Å². The Labute approximate surface area is 54.5 Å². The van der Waals surface area contributed by atoms with Gasteiger partial charge in [0.05, 0.1) is 6.61 Å². The van der Waals surface area contributed by atoms with Crippen molar-refractivity contribution in [1.82, 2.24) is 0 Å². The van der Waals surface area contributed by atoms with Crippen molar-refractivity contribution in [1.29, 1.82) is 0 Å². The lowest BCUT2D eigenvalue weighted by atomic mass is 10.2. The molecule has 1 aliphatic heterocycles. The van der Waals surface area contributed by atoms with E-state index in [1.807, 2.05) is 13.0 Å². The lowest BCUT2D eigenvalue weighted by Crippen LogP contribution is -1.93. The smallest absolute Gasteiger partial charge is 0.333 e. The molecule has 0 aromatic rings. The fraction of sp³-hybridized carbons (Fsp3) is 0.571. The highest BCUT2D eigenvalue weighted by Gasteiger charge is 2.16. The van der Waals surface area contributed by atoms with E-state index in [1.54, 1.807) is 0 Å². The number of cyclic esters (lactones) is 1. The number of rotatable bonds is 1. The van der Waals surface area contributed by atoms with Crippen LogP contribution in [0.3, 0.4) is 0 Å². The van der Waals surface area contributed by atoms with Crippen LogP contribution in [0.1, 0.15) is 19.8 Å². The van der Waals surface area contributed by atoms with E-state index in [0.29, 0.717) is 6.61 Å². The first-order chi connectivity index (χ1) is 4.34. The third-order valence-corrected chi connectivity index (χ3v) is 1.32. The number of carbonyl (C=O) groups is 1. The Balaban J connectivity index is 2.59. The zero-order chi connectivity index (χ0) is 6.69. The number of carbonyl (C=O) groups excluding carboxylic acids is 1. The molecule has 9 heavy (non-hydrogen) atoms. The number of esters is 1. The van der Waals surface area contributed by atoms with Crippen LogP contribution < -0.4 is 0 Å². The van der Waals surface area contributed by atoms with Crippen molar-refractivity contribution in [2.45, 2.75) is 19.8 Å². The van der Waals surface area contributed by atoms with Gasteiger partial charge in [-0.05, 0) is 6.42 Å². The van der Waals surface area contributed by atoms with E-state index in [2.05, 4.69) is 0 Å². The summed E-state index contributed by atoms with van der Waals surface area (Å²) < 4.78 is 4.71. The second-order valence-electron chi connectivity index (χ2n) is 2.02. The zero-order valence-corrected chi connectivity index (χ0v) is 5.52. The minimum atomic E-state index is -0.128. The molecule has 0 saturated carbocycles. The van der Waals surface area contributed by atoms with Gasteiger partial charge >= 0.3 is 5.97 Å². The van der Waals surface area contributed by atoms with Gasteiger partial charge in [-0.1, -0.05) is 13.0 Å². The topological polar surface area (TPSA) is 26.3 Å². The summed E-state index contributed by atoms with van der Waals surface area (Å²) in [5, 5.41) is 0. The summed E-state index contributed by atoms with van der Waals surface area (Å²) in [6.45, 7) is 2.59. The molecule has 1 saturated heterocycles. The molecule has 1 rings (SSSR count). The van der Waals surface area contributed by atoms with Crippen molar-refractivity contribution in [2.24, 2.45) is 0 Å². The Morgan fingerprint density at radius 2 is 2.56 bits per heavy atom. The maximum absolute atomic E-state index is 10.7. The van der Waals surface area contributed by atoms with E-state index in [4.69, 9.17) is 4.74 Å². The molecule has 50 valence electrons.